The Morgan fingerprint density at radius 2 is 2.11 bits per heavy atom. The van der Waals surface area contributed by atoms with Crippen LogP contribution in [0.4, 0.5) is 5.13 Å². The molecule has 0 unspecified atom stereocenters. The van der Waals surface area contributed by atoms with Crippen LogP contribution in [0.25, 0.3) is 10.6 Å². The molecule has 0 aliphatic heterocycles. The summed E-state index contributed by atoms with van der Waals surface area (Å²) in [5.41, 5.74) is 2.24. The minimum absolute atomic E-state index is 0.0822. The SMILES string of the molecule is Cc1ccccc1-c1nnc(NC(=O)C2CCC2)s1. The number of rotatable bonds is 3. The average molecular weight is 273 g/mol. The smallest absolute Gasteiger partial charge is 0.229 e. The van der Waals surface area contributed by atoms with Gasteiger partial charge in [-0.05, 0) is 25.3 Å². The Bertz CT molecular complexity index is 604. The topological polar surface area (TPSA) is 54.9 Å². The van der Waals surface area contributed by atoms with E-state index in [1.807, 2.05) is 31.2 Å². The van der Waals surface area contributed by atoms with Gasteiger partial charge in [0.2, 0.25) is 11.0 Å². The molecular formula is C14H15N3OS. The molecule has 19 heavy (non-hydrogen) atoms. The molecule has 98 valence electrons. The molecule has 4 nitrogen and oxygen atoms in total. The van der Waals surface area contributed by atoms with Crippen LogP contribution in [0.15, 0.2) is 24.3 Å². The van der Waals surface area contributed by atoms with Crippen LogP contribution < -0.4 is 5.32 Å². The maximum atomic E-state index is 11.8. The number of aryl methyl sites for hydroxylation is 1. The van der Waals surface area contributed by atoms with Crippen LogP contribution in [0.3, 0.4) is 0 Å². The largest absolute Gasteiger partial charge is 0.300 e. The molecule has 1 N–H and O–H groups in total. The van der Waals surface area contributed by atoms with Crippen molar-refractivity contribution in [2.45, 2.75) is 26.2 Å². The van der Waals surface area contributed by atoms with Crippen molar-refractivity contribution < 1.29 is 4.79 Å². The van der Waals surface area contributed by atoms with E-state index in [2.05, 4.69) is 15.5 Å². The molecule has 1 amide bonds. The van der Waals surface area contributed by atoms with Crippen molar-refractivity contribution in [3.05, 3.63) is 29.8 Å². The van der Waals surface area contributed by atoms with Crippen molar-refractivity contribution in [3.63, 3.8) is 0 Å². The predicted molar refractivity (Wildman–Crippen MR) is 76.1 cm³/mol. The highest BCUT2D eigenvalue weighted by molar-refractivity contribution is 7.18. The van der Waals surface area contributed by atoms with E-state index in [0.717, 1.165) is 35.4 Å². The lowest BCUT2D eigenvalue weighted by Gasteiger charge is -2.23. The Morgan fingerprint density at radius 3 is 2.79 bits per heavy atom. The Labute approximate surface area is 115 Å². The zero-order chi connectivity index (χ0) is 13.2. The van der Waals surface area contributed by atoms with Gasteiger partial charge in [0.05, 0.1) is 0 Å². The highest BCUT2D eigenvalue weighted by Crippen LogP contribution is 2.31. The van der Waals surface area contributed by atoms with Gasteiger partial charge in [0.1, 0.15) is 5.01 Å². The summed E-state index contributed by atoms with van der Waals surface area (Å²) in [4.78, 5) is 11.8. The molecule has 0 bridgehead atoms. The molecule has 0 radical (unpaired) electrons. The summed E-state index contributed by atoms with van der Waals surface area (Å²) < 4.78 is 0. The molecule has 1 saturated carbocycles. The van der Waals surface area contributed by atoms with Crippen molar-refractivity contribution in [1.82, 2.24) is 10.2 Å². The number of nitrogens with one attached hydrogen (secondary N) is 1. The van der Waals surface area contributed by atoms with Gasteiger partial charge < -0.3 is 5.32 Å². The molecule has 1 aliphatic carbocycles. The van der Waals surface area contributed by atoms with Crippen molar-refractivity contribution in [1.29, 1.82) is 0 Å². The first-order valence-electron chi connectivity index (χ1n) is 6.44. The van der Waals surface area contributed by atoms with E-state index in [1.165, 1.54) is 11.3 Å². The van der Waals surface area contributed by atoms with Crippen molar-refractivity contribution in [2.75, 3.05) is 5.32 Å². The van der Waals surface area contributed by atoms with Crippen LogP contribution in [0.5, 0.6) is 0 Å². The first kappa shape index (κ1) is 12.3. The van der Waals surface area contributed by atoms with Crippen molar-refractivity contribution in [2.24, 2.45) is 5.92 Å². The van der Waals surface area contributed by atoms with Crippen LogP contribution >= 0.6 is 11.3 Å². The van der Waals surface area contributed by atoms with Crippen LogP contribution in [0, 0.1) is 12.8 Å². The minimum Gasteiger partial charge on any atom is -0.300 e. The highest BCUT2D eigenvalue weighted by atomic mass is 32.1. The van der Waals surface area contributed by atoms with Crippen LogP contribution in [0.2, 0.25) is 0 Å². The Kier molecular flexibility index (Phi) is 3.29. The van der Waals surface area contributed by atoms with Gasteiger partial charge in [0.15, 0.2) is 0 Å². The molecule has 0 saturated heterocycles. The summed E-state index contributed by atoms with van der Waals surface area (Å²) >= 11 is 1.43. The molecule has 3 rings (SSSR count). The fourth-order valence-electron chi connectivity index (χ4n) is 2.07. The first-order chi connectivity index (χ1) is 9.24. The lowest BCUT2D eigenvalue weighted by molar-refractivity contribution is -0.122. The second-order valence-electron chi connectivity index (χ2n) is 4.84. The number of hydrogen-bond acceptors (Lipinski definition) is 4. The average Bonchev–Trinajstić information content (AvgIpc) is 2.75. The third-order valence-corrected chi connectivity index (χ3v) is 4.38. The van der Waals surface area contributed by atoms with Crippen LogP contribution in [0.1, 0.15) is 24.8 Å². The summed E-state index contributed by atoms with van der Waals surface area (Å²) in [5, 5.41) is 12.5. The molecular weight excluding hydrogens is 258 g/mol. The number of amides is 1. The fraction of sp³-hybridized carbons (Fsp3) is 0.357. The lowest BCUT2D eigenvalue weighted by atomic mass is 9.85. The van der Waals surface area contributed by atoms with Crippen LogP contribution in [-0.4, -0.2) is 16.1 Å². The van der Waals surface area contributed by atoms with E-state index in [4.69, 9.17) is 0 Å². The molecule has 1 heterocycles. The van der Waals surface area contributed by atoms with Gasteiger partial charge in [-0.2, -0.15) is 0 Å². The molecule has 1 fully saturated rings. The quantitative estimate of drug-likeness (QED) is 0.934. The molecule has 0 atom stereocenters. The van der Waals surface area contributed by atoms with E-state index in [9.17, 15) is 4.79 Å². The number of carbonyl (C=O) groups excluding carboxylic acids is 1. The molecule has 0 spiro atoms. The van der Waals surface area contributed by atoms with Gasteiger partial charge in [-0.3, -0.25) is 4.79 Å². The molecule has 5 heteroatoms. The number of nitrogens with zero attached hydrogens (tertiary/aromatic N) is 2. The monoisotopic (exact) mass is 273 g/mol. The second-order valence-corrected chi connectivity index (χ2v) is 5.82. The number of carbonyl (C=O) groups is 1. The zero-order valence-corrected chi connectivity index (χ0v) is 11.5. The summed E-state index contributed by atoms with van der Waals surface area (Å²) in [7, 11) is 0. The number of benzene rings is 1. The fourth-order valence-corrected chi connectivity index (χ4v) is 2.91. The Hall–Kier alpha value is -1.75. The van der Waals surface area contributed by atoms with Gasteiger partial charge in [0, 0.05) is 11.5 Å². The van der Waals surface area contributed by atoms with Gasteiger partial charge in [-0.25, -0.2) is 0 Å². The first-order valence-corrected chi connectivity index (χ1v) is 7.26. The number of anilines is 1. The number of hydrogen-bond donors (Lipinski definition) is 1. The molecule has 1 aliphatic rings. The predicted octanol–water partition coefficient (Wildman–Crippen LogP) is 3.25. The van der Waals surface area contributed by atoms with E-state index < -0.39 is 0 Å². The summed E-state index contributed by atoms with van der Waals surface area (Å²) in [6.45, 7) is 2.04. The van der Waals surface area contributed by atoms with Crippen LogP contribution in [-0.2, 0) is 4.79 Å². The van der Waals surface area contributed by atoms with Gasteiger partial charge >= 0.3 is 0 Å². The Morgan fingerprint density at radius 1 is 1.32 bits per heavy atom. The summed E-state index contributed by atoms with van der Waals surface area (Å²) in [5.74, 6) is 0.254. The Balaban J connectivity index is 1.76. The zero-order valence-electron chi connectivity index (χ0n) is 10.7. The van der Waals surface area contributed by atoms with Crippen molar-refractivity contribution in [3.8, 4) is 10.6 Å². The molecule has 1 aromatic heterocycles. The third kappa shape index (κ3) is 2.51. The second kappa shape index (κ2) is 5.09. The molecule has 2 aromatic rings. The molecule has 1 aromatic carbocycles. The third-order valence-electron chi connectivity index (χ3n) is 3.51. The van der Waals surface area contributed by atoms with Gasteiger partial charge in [0.25, 0.3) is 0 Å². The van der Waals surface area contributed by atoms with E-state index >= 15 is 0 Å². The summed E-state index contributed by atoms with van der Waals surface area (Å²) in [6.07, 6.45) is 3.15. The van der Waals surface area contributed by atoms with E-state index in [1.54, 1.807) is 0 Å². The van der Waals surface area contributed by atoms with Gasteiger partial charge in [-0.15, -0.1) is 10.2 Å². The highest BCUT2D eigenvalue weighted by Gasteiger charge is 2.26. The van der Waals surface area contributed by atoms with Crippen molar-refractivity contribution >= 4 is 22.4 Å². The standard InChI is InChI=1S/C14H15N3OS/c1-9-5-2-3-8-11(9)13-16-17-14(19-13)15-12(18)10-6-4-7-10/h2-3,5,8,10H,4,6-7H2,1H3,(H,15,17,18). The summed E-state index contributed by atoms with van der Waals surface area (Å²) in [6, 6.07) is 8.05. The number of aromatic nitrogens is 2. The minimum atomic E-state index is 0.0822. The maximum Gasteiger partial charge on any atom is 0.229 e. The maximum absolute atomic E-state index is 11.8. The lowest BCUT2D eigenvalue weighted by Crippen LogP contribution is -2.27. The van der Waals surface area contributed by atoms with Gasteiger partial charge in [-0.1, -0.05) is 42.0 Å². The van der Waals surface area contributed by atoms with E-state index in [0.29, 0.717) is 5.13 Å². The van der Waals surface area contributed by atoms with E-state index in [-0.39, 0.29) is 11.8 Å². The normalized spacial score (nSPS) is 15.0.